The average Bonchev–Trinajstić information content (AvgIpc) is 2.94. The molecule has 1 aliphatic rings. The van der Waals surface area contributed by atoms with Gasteiger partial charge in [-0.3, -0.25) is 0 Å². The van der Waals surface area contributed by atoms with Crippen molar-refractivity contribution in [2.75, 3.05) is 6.61 Å². The maximum atomic E-state index is 6.30. The fourth-order valence-electron chi connectivity index (χ4n) is 2.31. The Bertz CT molecular complexity index is 599. The van der Waals surface area contributed by atoms with E-state index in [9.17, 15) is 0 Å². The second-order valence-electron chi connectivity index (χ2n) is 4.91. The van der Waals surface area contributed by atoms with Crippen molar-refractivity contribution in [2.45, 2.75) is 25.9 Å². The summed E-state index contributed by atoms with van der Waals surface area (Å²) in [6, 6.07) is 7.96. The molecule has 2 heterocycles. The zero-order chi connectivity index (χ0) is 14.1. The van der Waals surface area contributed by atoms with Gasteiger partial charge in [-0.1, -0.05) is 53.0 Å². The van der Waals surface area contributed by atoms with Crippen molar-refractivity contribution in [1.82, 2.24) is 9.97 Å². The molecule has 0 spiro atoms. The summed E-state index contributed by atoms with van der Waals surface area (Å²) < 4.78 is 5.57. The zero-order valence-corrected chi connectivity index (χ0v) is 12.6. The molecular weight excluding hydrogens is 295 g/mol. The van der Waals surface area contributed by atoms with Crippen molar-refractivity contribution in [3.05, 3.63) is 46.0 Å². The molecule has 1 aromatic carbocycles. The number of hydrogen-bond donors (Lipinski definition) is 0. The predicted octanol–water partition coefficient (Wildman–Crippen LogP) is 4.61. The van der Waals surface area contributed by atoms with E-state index < -0.39 is 0 Å². The first-order valence-corrected chi connectivity index (χ1v) is 7.32. The molecule has 0 saturated carbocycles. The van der Waals surface area contributed by atoms with Gasteiger partial charge >= 0.3 is 0 Å². The molecule has 5 heteroatoms. The lowest BCUT2D eigenvalue weighted by Gasteiger charge is -2.12. The summed E-state index contributed by atoms with van der Waals surface area (Å²) in [5.74, 6) is 0.577. The van der Waals surface area contributed by atoms with Crippen molar-refractivity contribution >= 4 is 23.2 Å². The Morgan fingerprint density at radius 2 is 1.75 bits per heavy atom. The van der Waals surface area contributed by atoms with Gasteiger partial charge in [0.25, 0.3) is 0 Å². The molecule has 0 aliphatic carbocycles. The van der Waals surface area contributed by atoms with Gasteiger partial charge in [0.1, 0.15) is 16.4 Å². The number of ether oxygens (including phenoxy) is 1. The van der Waals surface area contributed by atoms with E-state index in [2.05, 4.69) is 9.97 Å². The summed E-state index contributed by atoms with van der Waals surface area (Å²) >= 11 is 12.6. The van der Waals surface area contributed by atoms with Crippen LogP contribution in [0.3, 0.4) is 0 Å². The lowest BCUT2D eigenvalue weighted by atomic mass is 10.1. The smallest absolute Gasteiger partial charge is 0.160 e. The van der Waals surface area contributed by atoms with Crippen LogP contribution in [-0.4, -0.2) is 16.6 Å². The lowest BCUT2D eigenvalue weighted by Crippen LogP contribution is -2.04. The Morgan fingerprint density at radius 3 is 2.30 bits per heavy atom. The predicted molar refractivity (Wildman–Crippen MR) is 80.2 cm³/mol. The van der Waals surface area contributed by atoms with E-state index in [1.807, 2.05) is 31.2 Å². The van der Waals surface area contributed by atoms with Crippen molar-refractivity contribution < 1.29 is 4.74 Å². The van der Waals surface area contributed by atoms with Gasteiger partial charge in [0.15, 0.2) is 5.82 Å². The normalized spacial score (nSPS) is 18.4. The molecule has 3 rings (SSSR count). The van der Waals surface area contributed by atoms with Gasteiger partial charge in [0.2, 0.25) is 0 Å². The number of aromatic nitrogens is 2. The van der Waals surface area contributed by atoms with Crippen molar-refractivity contribution in [3.63, 3.8) is 0 Å². The molecule has 1 aromatic heterocycles. The molecule has 0 N–H and O–H groups in total. The third-order valence-corrected chi connectivity index (χ3v) is 3.94. The summed E-state index contributed by atoms with van der Waals surface area (Å²) in [4.78, 5) is 8.72. The summed E-state index contributed by atoms with van der Waals surface area (Å²) in [6.07, 6.45) is 1.84. The summed E-state index contributed by atoms with van der Waals surface area (Å²) in [7, 11) is 0. The number of hydrogen-bond acceptors (Lipinski definition) is 3. The molecular formula is C15H14Cl2N2O. The van der Waals surface area contributed by atoms with Gasteiger partial charge in [-0.25, -0.2) is 9.97 Å². The molecule has 0 radical (unpaired) electrons. The topological polar surface area (TPSA) is 35.0 Å². The average molecular weight is 309 g/mol. The van der Waals surface area contributed by atoms with E-state index in [0.717, 1.165) is 25.0 Å². The first-order valence-electron chi connectivity index (χ1n) is 6.57. The summed E-state index contributed by atoms with van der Waals surface area (Å²) in [5.41, 5.74) is 2.78. The SMILES string of the molecule is Cc1ccc(-c2c(Cl)nc(C3CCCO3)nc2Cl)cc1. The third-order valence-electron chi connectivity index (χ3n) is 3.40. The van der Waals surface area contributed by atoms with Crippen molar-refractivity contribution in [1.29, 1.82) is 0 Å². The van der Waals surface area contributed by atoms with Crippen molar-refractivity contribution in [2.24, 2.45) is 0 Å². The lowest BCUT2D eigenvalue weighted by molar-refractivity contribution is 0.105. The van der Waals surface area contributed by atoms with Crippen LogP contribution in [0.4, 0.5) is 0 Å². The Labute approximate surface area is 127 Å². The van der Waals surface area contributed by atoms with Crippen LogP contribution in [0.1, 0.15) is 30.3 Å². The van der Waals surface area contributed by atoms with E-state index in [1.54, 1.807) is 0 Å². The fourth-order valence-corrected chi connectivity index (χ4v) is 2.93. The molecule has 1 atom stereocenters. The minimum absolute atomic E-state index is 0.0860. The van der Waals surface area contributed by atoms with E-state index in [4.69, 9.17) is 27.9 Å². The first kappa shape index (κ1) is 13.8. The number of nitrogens with zero attached hydrogens (tertiary/aromatic N) is 2. The maximum absolute atomic E-state index is 6.30. The number of benzene rings is 1. The van der Waals surface area contributed by atoms with Gasteiger partial charge in [0.05, 0.1) is 5.56 Å². The van der Waals surface area contributed by atoms with Gasteiger partial charge in [0, 0.05) is 6.61 Å². The van der Waals surface area contributed by atoms with Gasteiger partial charge in [-0.2, -0.15) is 0 Å². The Morgan fingerprint density at radius 1 is 1.10 bits per heavy atom. The minimum Gasteiger partial charge on any atom is -0.370 e. The monoisotopic (exact) mass is 308 g/mol. The van der Waals surface area contributed by atoms with Crippen LogP contribution in [0, 0.1) is 6.92 Å². The first-order chi connectivity index (χ1) is 9.65. The Balaban J connectivity index is 2.02. The highest BCUT2D eigenvalue weighted by Crippen LogP contribution is 2.35. The van der Waals surface area contributed by atoms with Gasteiger partial charge < -0.3 is 4.74 Å². The minimum atomic E-state index is -0.0860. The fraction of sp³-hybridized carbons (Fsp3) is 0.333. The van der Waals surface area contributed by atoms with Gasteiger partial charge in [-0.15, -0.1) is 0 Å². The van der Waals surface area contributed by atoms with Crippen LogP contribution in [0.2, 0.25) is 10.3 Å². The van der Waals surface area contributed by atoms with Crippen LogP contribution in [-0.2, 0) is 4.74 Å². The number of halogens is 2. The van der Waals surface area contributed by atoms with Gasteiger partial charge in [-0.05, 0) is 25.3 Å². The molecule has 1 saturated heterocycles. The molecule has 104 valence electrons. The molecule has 2 aromatic rings. The Kier molecular flexibility index (Phi) is 3.92. The van der Waals surface area contributed by atoms with Crippen LogP contribution < -0.4 is 0 Å². The molecule has 1 fully saturated rings. The standard InChI is InChI=1S/C15H14Cl2N2O/c1-9-4-6-10(7-5-9)12-13(16)18-15(19-14(12)17)11-3-2-8-20-11/h4-7,11H,2-3,8H2,1H3. The molecule has 0 bridgehead atoms. The largest absolute Gasteiger partial charge is 0.370 e. The van der Waals surface area contributed by atoms with Crippen LogP contribution in [0.5, 0.6) is 0 Å². The van der Waals surface area contributed by atoms with Crippen LogP contribution in [0.15, 0.2) is 24.3 Å². The highest BCUT2D eigenvalue weighted by Gasteiger charge is 2.23. The number of aryl methyl sites for hydroxylation is 1. The third kappa shape index (κ3) is 2.66. The summed E-state index contributed by atoms with van der Waals surface area (Å²) in [6.45, 7) is 2.77. The second kappa shape index (κ2) is 5.68. The maximum Gasteiger partial charge on any atom is 0.160 e. The van der Waals surface area contributed by atoms with Crippen molar-refractivity contribution in [3.8, 4) is 11.1 Å². The Hall–Kier alpha value is -1.16. The van der Waals surface area contributed by atoms with E-state index >= 15 is 0 Å². The summed E-state index contributed by atoms with van der Waals surface area (Å²) in [5, 5.41) is 0.749. The molecule has 1 unspecified atom stereocenters. The van der Waals surface area contributed by atoms with Crippen LogP contribution in [0.25, 0.3) is 11.1 Å². The molecule has 20 heavy (non-hydrogen) atoms. The number of rotatable bonds is 2. The quantitative estimate of drug-likeness (QED) is 0.760. The highest BCUT2D eigenvalue weighted by molar-refractivity contribution is 6.37. The highest BCUT2D eigenvalue weighted by atomic mass is 35.5. The second-order valence-corrected chi connectivity index (χ2v) is 5.62. The molecule has 3 nitrogen and oxygen atoms in total. The zero-order valence-electron chi connectivity index (χ0n) is 11.1. The van der Waals surface area contributed by atoms with Crippen LogP contribution >= 0.6 is 23.2 Å². The molecule has 0 amide bonds. The molecule has 1 aliphatic heterocycles. The van der Waals surface area contributed by atoms with E-state index in [-0.39, 0.29) is 6.10 Å². The van der Waals surface area contributed by atoms with E-state index in [0.29, 0.717) is 21.7 Å². The van der Waals surface area contributed by atoms with E-state index in [1.165, 1.54) is 5.56 Å².